The molecule has 1 aliphatic rings. The van der Waals surface area contributed by atoms with Gasteiger partial charge in [-0.15, -0.1) is 0 Å². The number of nitrogens with zero attached hydrogens (tertiary/aromatic N) is 1. The standard InChI is InChI=1S/C20H20FNO5/c1-13-19(27-17-9-4-3-8-16(17)26-13)20(24)25-12-18(23)22(2)11-14-6-5-7-15(21)10-14/h3-10,13,19H,11-12H2,1-2H3. The summed E-state index contributed by atoms with van der Waals surface area (Å²) in [6.45, 7) is 1.47. The summed E-state index contributed by atoms with van der Waals surface area (Å²) in [6.07, 6.45) is -1.51. The van der Waals surface area contributed by atoms with Crippen molar-refractivity contribution in [2.75, 3.05) is 13.7 Å². The van der Waals surface area contributed by atoms with Crippen LogP contribution in [0.3, 0.4) is 0 Å². The number of benzene rings is 2. The highest BCUT2D eigenvalue weighted by atomic mass is 19.1. The summed E-state index contributed by atoms with van der Waals surface area (Å²) in [5.74, 6) is -0.447. The molecule has 0 saturated carbocycles. The van der Waals surface area contributed by atoms with Gasteiger partial charge in [-0.2, -0.15) is 0 Å². The Balaban J connectivity index is 1.53. The van der Waals surface area contributed by atoms with Crippen molar-refractivity contribution in [2.24, 2.45) is 0 Å². The van der Waals surface area contributed by atoms with Crippen LogP contribution in [0.2, 0.25) is 0 Å². The molecule has 2 unspecified atom stereocenters. The second-order valence-electron chi connectivity index (χ2n) is 6.30. The lowest BCUT2D eigenvalue weighted by Gasteiger charge is -2.30. The van der Waals surface area contributed by atoms with Crippen LogP contribution in [0.25, 0.3) is 0 Å². The van der Waals surface area contributed by atoms with Crippen LogP contribution in [0.15, 0.2) is 48.5 Å². The second kappa shape index (κ2) is 8.07. The number of likely N-dealkylation sites (N-methyl/N-ethyl adjacent to an activating group) is 1. The second-order valence-corrected chi connectivity index (χ2v) is 6.30. The van der Waals surface area contributed by atoms with E-state index in [0.29, 0.717) is 17.1 Å². The van der Waals surface area contributed by atoms with Crippen molar-refractivity contribution in [3.8, 4) is 11.5 Å². The summed E-state index contributed by atoms with van der Waals surface area (Å²) in [7, 11) is 1.56. The molecule has 2 atom stereocenters. The summed E-state index contributed by atoms with van der Waals surface area (Å²) in [6, 6.07) is 13.0. The highest BCUT2D eigenvalue weighted by molar-refractivity contribution is 5.82. The van der Waals surface area contributed by atoms with Crippen LogP contribution in [0.1, 0.15) is 12.5 Å². The molecule has 1 aliphatic heterocycles. The van der Waals surface area contributed by atoms with Crippen LogP contribution in [-0.2, 0) is 20.9 Å². The van der Waals surface area contributed by atoms with Gasteiger partial charge in [0.2, 0.25) is 6.10 Å². The van der Waals surface area contributed by atoms with Gasteiger partial charge in [0.15, 0.2) is 18.1 Å². The van der Waals surface area contributed by atoms with E-state index in [1.165, 1.54) is 17.0 Å². The fourth-order valence-corrected chi connectivity index (χ4v) is 2.70. The molecule has 0 spiro atoms. The molecule has 0 fully saturated rings. The van der Waals surface area contributed by atoms with Gasteiger partial charge in [-0.05, 0) is 36.8 Å². The van der Waals surface area contributed by atoms with Crippen LogP contribution in [0, 0.1) is 5.82 Å². The molecule has 0 bridgehead atoms. The van der Waals surface area contributed by atoms with E-state index in [2.05, 4.69) is 0 Å². The van der Waals surface area contributed by atoms with Crippen molar-refractivity contribution in [1.29, 1.82) is 0 Å². The zero-order valence-electron chi connectivity index (χ0n) is 15.1. The molecule has 2 aromatic carbocycles. The van der Waals surface area contributed by atoms with Crippen molar-refractivity contribution in [2.45, 2.75) is 25.7 Å². The van der Waals surface area contributed by atoms with Crippen LogP contribution >= 0.6 is 0 Å². The minimum atomic E-state index is -0.957. The molecule has 0 N–H and O–H groups in total. The first-order valence-electron chi connectivity index (χ1n) is 8.51. The molecular formula is C20H20FNO5. The fourth-order valence-electron chi connectivity index (χ4n) is 2.70. The van der Waals surface area contributed by atoms with E-state index in [1.807, 2.05) is 0 Å². The Morgan fingerprint density at radius 2 is 1.81 bits per heavy atom. The zero-order valence-corrected chi connectivity index (χ0v) is 15.1. The maximum Gasteiger partial charge on any atom is 0.351 e. The first-order chi connectivity index (χ1) is 12.9. The molecule has 0 aromatic heterocycles. The Morgan fingerprint density at radius 1 is 1.11 bits per heavy atom. The third kappa shape index (κ3) is 4.55. The molecule has 2 aromatic rings. The first kappa shape index (κ1) is 18.7. The predicted octanol–water partition coefficient (Wildman–Crippen LogP) is 2.56. The fraction of sp³-hybridized carbons (Fsp3) is 0.300. The minimum Gasteiger partial charge on any atom is -0.482 e. The number of fused-ring (bicyclic) bond motifs is 1. The van der Waals surface area contributed by atoms with Crippen LogP contribution in [0.5, 0.6) is 11.5 Å². The van der Waals surface area contributed by atoms with Gasteiger partial charge in [0.05, 0.1) is 0 Å². The van der Waals surface area contributed by atoms with Gasteiger partial charge in [0, 0.05) is 13.6 Å². The number of para-hydroxylation sites is 2. The monoisotopic (exact) mass is 373 g/mol. The van der Waals surface area contributed by atoms with Gasteiger partial charge in [-0.25, -0.2) is 9.18 Å². The van der Waals surface area contributed by atoms with E-state index in [-0.39, 0.29) is 12.4 Å². The van der Waals surface area contributed by atoms with Gasteiger partial charge in [-0.1, -0.05) is 24.3 Å². The van der Waals surface area contributed by atoms with Gasteiger partial charge >= 0.3 is 5.97 Å². The van der Waals surface area contributed by atoms with Crippen molar-refractivity contribution in [3.63, 3.8) is 0 Å². The molecular weight excluding hydrogens is 353 g/mol. The van der Waals surface area contributed by atoms with Crippen molar-refractivity contribution >= 4 is 11.9 Å². The molecule has 1 amide bonds. The topological polar surface area (TPSA) is 65.1 Å². The average Bonchev–Trinajstić information content (AvgIpc) is 2.65. The van der Waals surface area contributed by atoms with Crippen molar-refractivity contribution in [1.82, 2.24) is 4.90 Å². The van der Waals surface area contributed by atoms with E-state index < -0.39 is 30.7 Å². The molecule has 142 valence electrons. The maximum absolute atomic E-state index is 13.2. The van der Waals surface area contributed by atoms with Crippen LogP contribution in [0.4, 0.5) is 4.39 Å². The molecule has 0 saturated heterocycles. The quantitative estimate of drug-likeness (QED) is 0.754. The predicted molar refractivity (Wildman–Crippen MR) is 94.8 cm³/mol. The summed E-state index contributed by atoms with van der Waals surface area (Å²) in [5, 5.41) is 0. The number of carbonyl (C=O) groups excluding carboxylic acids is 2. The minimum absolute atomic E-state index is 0.209. The number of amides is 1. The van der Waals surface area contributed by atoms with Crippen LogP contribution < -0.4 is 9.47 Å². The molecule has 7 heteroatoms. The zero-order chi connectivity index (χ0) is 19.4. The maximum atomic E-state index is 13.2. The van der Waals surface area contributed by atoms with Gasteiger partial charge in [-0.3, -0.25) is 4.79 Å². The summed E-state index contributed by atoms with van der Waals surface area (Å²) in [5.41, 5.74) is 0.645. The highest BCUT2D eigenvalue weighted by Crippen LogP contribution is 2.33. The Morgan fingerprint density at radius 3 is 2.52 bits per heavy atom. The van der Waals surface area contributed by atoms with E-state index >= 15 is 0 Å². The third-order valence-corrected chi connectivity index (χ3v) is 4.15. The number of hydrogen-bond acceptors (Lipinski definition) is 5. The molecule has 27 heavy (non-hydrogen) atoms. The lowest BCUT2D eigenvalue weighted by molar-refractivity contribution is -0.162. The summed E-state index contributed by atoms with van der Waals surface area (Å²) >= 11 is 0. The van der Waals surface area contributed by atoms with Gasteiger partial charge in [0.1, 0.15) is 11.9 Å². The lowest BCUT2D eigenvalue weighted by Crippen LogP contribution is -2.45. The van der Waals surface area contributed by atoms with Gasteiger partial charge in [0.25, 0.3) is 5.91 Å². The van der Waals surface area contributed by atoms with Crippen molar-refractivity contribution in [3.05, 3.63) is 59.9 Å². The molecule has 6 nitrogen and oxygen atoms in total. The SMILES string of the molecule is CC1Oc2ccccc2OC1C(=O)OCC(=O)N(C)Cc1cccc(F)c1. The summed E-state index contributed by atoms with van der Waals surface area (Å²) in [4.78, 5) is 25.8. The highest BCUT2D eigenvalue weighted by Gasteiger charge is 2.35. The Hall–Kier alpha value is -3.09. The molecule has 0 aliphatic carbocycles. The van der Waals surface area contributed by atoms with E-state index in [4.69, 9.17) is 14.2 Å². The van der Waals surface area contributed by atoms with Crippen molar-refractivity contribution < 1.29 is 28.2 Å². The largest absolute Gasteiger partial charge is 0.482 e. The Labute approximate surface area is 156 Å². The number of hydrogen-bond donors (Lipinski definition) is 0. The summed E-state index contributed by atoms with van der Waals surface area (Å²) < 4.78 is 29.6. The Bertz CT molecular complexity index is 841. The lowest BCUT2D eigenvalue weighted by atomic mass is 10.2. The third-order valence-electron chi connectivity index (χ3n) is 4.15. The number of ether oxygens (including phenoxy) is 3. The average molecular weight is 373 g/mol. The van der Waals surface area contributed by atoms with Gasteiger partial charge < -0.3 is 19.1 Å². The van der Waals surface area contributed by atoms with E-state index in [9.17, 15) is 14.0 Å². The van der Waals surface area contributed by atoms with Crippen LogP contribution in [-0.4, -0.2) is 42.6 Å². The molecule has 0 radical (unpaired) electrons. The Kier molecular flexibility index (Phi) is 5.59. The molecule has 1 heterocycles. The normalized spacial score (nSPS) is 17.9. The number of rotatable bonds is 5. The first-order valence-corrected chi connectivity index (χ1v) is 8.51. The smallest absolute Gasteiger partial charge is 0.351 e. The number of esters is 1. The number of carbonyl (C=O) groups is 2. The number of halogens is 1. The van der Waals surface area contributed by atoms with E-state index in [1.54, 1.807) is 50.4 Å². The molecule has 3 rings (SSSR count). The van der Waals surface area contributed by atoms with E-state index in [0.717, 1.165) is 0 Å².